The van der Waals surface area contributed by atoms with Crippen molar-refractivity contribution in [1.29, 1.82) is 0 Å². The molecule has 1 aromatic carbocycles. The molecule has 0 saturated carbocycles. The van der Waals surface area contributed by atoms with E-state index in [4.69, 9.17) is 0 Å². The number of hydrogen-bond donors (Lipinski definition) is 0. The van der Waals surface area contributed by atoms with Crippen molar-refractivity contribution in [3.63, 3.8) is 0 Å². The molecule has 0 aromatic heterocycles. The lowest BCUT2D eigenvalue weighted by molar-refractivity contribution is 0.688. The quantitative estimate of drug-likeness (QED) is 0.612. The van der Waals surface area contributed by atoms with Gasteiger partial charge in [-0.2, -0.15) is 0 Å². The molecule has 0 spiro atoms. The second kappa shape index (κ2) is 4.99. The van der Waals surface area contributed by atoms with Gasteiger partial charge in [-0.15, -0.1) is 0 Å². The largest absolute Gasteiger partial charge is 0.0995 e. The van der Waals surface area contributed by atoms with Gasteiger partial charge in [0.25, 0.3) is 0 Å². The Balaban J connectivity index is 2.87. The Bertz CT molecular complexity index is 292. The van der Waals surface area contributed by atoms with Gasteiger partial charge in [-0.1, -0.05) is 55.3 Å². The van der Waals surface area contributed by atoms with E-state index in [1.54, 1.807) is 0 Å². The topological polar surface area (TPSA) is 0 Å². The third-order valence-electron chi connectivity index (χ3n) is 2.65. The van der Waals surface area contributed by atoms with Gasteiger partial charge in [0, 0.05) is 5.92 Å². The molecule has 0 radical (unpaired) electrons. The molecule has 0 N–H and O–H groups in total. The predicted octanol–water partition coefficient (Wildman–Crippen LogP) is 4.45. The summed E-state index contributed by atoms with van der Waals surface area (Å²) in [6.45, 7) is 10.5. The van der Waals surface area contributed by atoms with Gasteiger partial charge in [0.15, 0.2) is 0 Å². The van der Waals surface area contributed by atoms with Gasteiger partial charge in [-0.05, 0) is 25.8 Å². The lowest BCUT2D eigenvalue weighted by Crippen LogP contribution is -1.99. The van der Waals surface area contributed by atoms with E-state index in [0.29, 0.717) is 5.92 Å². The molecule has 0 aliphatic carbocycles. The lowest BCUT2D eigenvalue weighted by Gasteiger charge is -2.16. The fourth-order valence-corrected chi connectivity index (χ4v) is 1.79. The van der Waals surface area contributed by atoms with Crippen LogP contribution in [0, 0.1) is 6.92 Å². The first-order valence-corrected chi connectivity index (χ1v) is 5.37. The number of allylic oxidation sites excluding steroid dienone is 1. The zero-order valence-electron chi connectivity index (χ0n) is 9.51. The Morgan fingerprint density at radius 3 is 2.29 bits per heavy atom. The van der Waals surface area contributed by atoms with Crippen LogP contribution in [-0.4, -0.2) is 0 Å². The Labute approximate surface area is 87.7 Å². The maximum Gasteiger partial charge on any atom is 0.00426 e. The second-order valence-corrected chi connectivity index (χ2v) is 4.10. The molecule has 14 heavy (non-hydrogen) atoms. The zero-order chi connectivity index (χ0) is 10.6. The molecule has 0 fully saturated rings. The summed E-state index contributed by atoms with van der Waals surface area (Å²) in [5.41, 5.74) is 4.01. The number of hydrogen-bond acceptors (Lipinski definition) is 0. The highest BCUT2D eigenvalue weighted by molar-refractivity contribution is 5.29. The highest BCUT2D eigenvalue weighted by atomic mass is 14.1. The van der Waals surface area contributed by atoms with Crippen molar-refractivity contribution < 1.29 is 0 Å². The predicted molar refractivity (Wildman–Crippen MR) is 63.6 cm³/mol. The summed E-state index contributed by atoms with van der Waals surface area (Å²) in [5, 5.41) is 0. The summed E-state index contributed by atoms with van der Waals surface area (Å²) < 4.78 is 0. The summed E-state index contributed by atoms with van der Waals surface area (Å²) in [6, 6.07) is 8.82. The minimum atomic E-state index is 0.542. The lowest BCUT2D eigenvalue weighted by atomic mass is 9.89. The first kappa shape index (κ1) is 11.0. The van der Waals surface area contributed by atoms with Crippen LogP contribution in [0.2, 0.25) is 0 Å². The van der Waals surface area contributed by atoms with Gasteiger partial charge in [0.2, 0.25) is 0 Å². The van der Waals surface area contributed by atoms with Crippen LogP contribution in [-0.2, 0) is 0 Å². The van der Waals surface area contributed by atoms with Crippen LogP contribution in [0.5, 0.6) is 0 Å². The number of aryl methyl sites for hydroxylation is 1. The van der Waals surface area contributed by atoms with Gasteiger partial charge < -0.3 is 0 Å². The van der Waals surface area contributed by atoms with Crippen molar-refractivity contribution in [3.05, 3.63) is 47.5 Å². The van der Waals surface area contributed by atoms with E-state index < -0.39 is 0 Å². The summed E-state index contributed by atoms with van der Waals surface area (Å²) in [7, 11) is 0. The van der Waals surface area contributed by atoms with Crippen LogP contribution in [0.4, 0.5) is 0 Å². The summed E-state index contributed by atoms with van der Waals surface area (Å²) in [4.78, 5) is 0. The van der Waals surface area contributed by atoms with E-state index in [1.165, 1.54) is 29.5 Å². The Hall–Kier alpha value is -1.04. The van der Waals surface area contributed by atoms with Gasteiger partial charge >= 0.3 is 0 Å². The summed E-state index contributed by atoms with van der Waals surface area (Å²) in [6.07, 6.45) is 2.42. The van der Waals surface area contributed by atoms with Crippen molar-refractivity contribution in [2.45, 2.75) is 39.5 Å². The van der Waals surface area contributed by atoms with E-state index in [0.717, 1.165) is 0 Å². The Morgan fingerprint density at radius 2 is 1.86 bits per heavy atom. The molecule has 0 heterocycles. The van der Waals surface area contributed by atoms with E-state index in [2.05, 4.69) is 51.6 Å². The summed E-state index contributed by atoms with van der Waals surface area (Å²) in [5.74, 6) is 0.542. The van der Waals surface area contributed by atoms with E-state index >= 15 is 0 Å². The molecule has 0 aliphatic heterocycles. The van der Waals surface area contributed by atoms with Crippen molar-refractivity contribution >= 4 is 0 Å². The van der Waals surface area contributed by atoms with E-state index in [-0.39, 0.29) is 0 Å². The zero-order valence-corrected chi connectivity index (χ0v) is 9.51. The van der Waals surface area contributed by atoms with Crippen molar-refractivity contribution in [1.82, 2.24) is 0 Å². The normalized spacial score (nSPS) is 12.5. The SMILES string of the molecule is C=C(C)C(CCC)c1ccc(C)cc1. The van der Waals surface area contributed by atoms with Crippen molar-refractivity contribution in [2.75, 3.05) is 0 Å². The molecule has 1 atom stereocenters. The first-order valence-electron chi connectivity index (χ1n) is 5.37. The fraction of sp³-hybridized carbons (Fsp3) is 0.429. The molecule has 1 rings (SSSR count). The molecule has 0 bridgehead atoms. The average molecular weight is 188 g/mol. The minimum absolute atomic E-state index is 0.542. The second-order valence-electron chi connectivity index (χ2n) is 4.10. The summed E-state index contributed by atoms with van der Waals surface area (Å²) >= 11 is 0. The molecule has 0 heteroatoms. The highest BCUT2D eigenvalue weighted by Gasteiger charge is 2.10. The van der Waals surface area contributed by atoms with Crippen LogP contribution in [0.15, 0.2) is 36.4 Å². The van der Waals surface area contributed by atoms with Crippen molar-refractivity contribution in [2.24, 2.45) is 0 Å². The van der Waals surface area contributed by atoms with Crippen LogP contribution in [0.3, 0.4) is 0 Å². The highest BCUT2D eigenvalue weighted by Crippen LogP contribution is 2.27. The molecule has 0 nitrogen and oxygen atoms in total. The third-order valence-corrected chi connectivity index (χ3v) is 2.65. The van der Waals surface area contributed by atoms with E-state index in [9.17, 15) is 0 Å². The standard InChI is InChI=1S/C14H20/c1-5-6-14(11(2)3)13-9-7-12(4)8-10-13/h7-10,14H,2,5-6H2,1,3-4H3. The van der Waals surface area contributed by atoms with E-state index in [1.807, 2.05) is 0 Å². The van der Waals surface area contributed by atoms with Crippen LogP contribution in [0.1, 0.15) is 43.7 Å². The van der Waals surface area contributed by atoms with Crippen LogP contribution in [0.25, 0.3) is 0 Å². The minimum Gasteiger partial charge on any atom is -0.0995 e. The molecule has 0 aliphatic rings. The smallest absolute Gasteiger partial charge is 0.00426 e. The van der Waals surface area contributed by atoms with Gasteiger partial charge in [0.05, 0.1) is 0 Å². The third kappa shape index (κ3) is 2.73. The Morgan fingerprint density at radius 1 is 1.29 bits per heavy atom. The van der Waals surface area contributed by atoms with Crippen LogP contribution < -0.4 is 0 Å². The molecular formula is C14H20. The number of benzene rings is 1. The number of rotatable bonds is 4. The first-order chi connectivity index (χ1) is 6.65. The molecule has 76 valence electrons. The molecule has 1 aromatic rings. The fourth-order valence-electron chi connectivity index (χ4n) is 1.79. The van der Waals surface area contributed by atoms with Gasteiger partial charge in [0.1, 0.15) is 0 Å². The maximum absolute atomic E-state index is 4.07. The van der Waals surface area contributed by atoms with Crippen LogP contribution >= 0.6 is 0 Å². The van der Waals surface area contributed by atoms with Gasteiger partial charge in [-0.25, -0.2) is 0 Å². The maximum atomic E-state index is 4.07. The Kier molecular flexibility index (Phi) is 3.94. The molecule has 1 unspecified atom stereocenters. The van der Waals surface area contributed by atoms with Gasteiger partial charge in [-0.3, -0.25) is 0 Å². The molecule has 0 saturated heterocycles. The molecule has 0 amide bonds. The van der Waals surface area contributed by atoms with Crippen molar-refractivity contribution in [3.8, 4) is 0 Å². The average Bonchev–Trinajstić information content (AvgIpc) is 2.15. The molecular weight excluding hydrogens is 168 g/mol. The monoisotopic (exact) mass is 188 g/mol.